The molecule has 118 valence electrons. The molecule has 1 aromatic heterocycles. The van der Waals surface area contributed by atoms with Crippen LogP contribution in [-0.2, 0) is 16.8 Å². The second kappa shape index (κ2) is 6.36. The second-order valence-corrected chi connectivity index (χ2v) is 6.66. The van der Waals surface area contributed by atoms with Crippen molar-refractivity contribution >= 4 is 5.97 Å². The van der Waals surface area contributed by atoms with E-state index in [-0.39, 0.29) is 12.0 Å². The lowest BCUT2D eigenvalue weighted by molar-refractivity contribution is -0.138. The Morgan fingerprint density at radius 2 is 1.77 bits per heavy atom. The molecule has 1 aromatic carbocycles. The zero-order valence-electron chi connectivity index (χ0n) is 13.6. The average molecular weight is 301 g/mol. The van der Waals surface area contributed by atoms with Gasteiger partial charge in [-0.25, -0.2) is 0 Å². The largest absolute Gasteiger partial charge is 0.480 e. The molecule has 0 saturated heterocycles. The molecule has 0 aliphatic rings. The summed E-state index contributed by atoms with van der Waals surface area (Å²) in [7, 11) is 1.76. The Kier molecular flexibility index (Phi) is 4.71. The molecule has 0 bridgehead atoms. The second-order valence-electron chi connectivity index (χ2n) is 6.66. The molecule has 2 rings (SSSR count). The third-order valence-corrected chi connectivity index (χ3v) is 3.53. The quantitative estimate of drug-likeness (QED) is 0.913. The van der Waals surface area contributed by atoms with E-state index >= 15 is 0 Å². The maximum absolute atomic E-state index is 10.7. The molecular formula is C18H23NO3. The fourth-order valence-electron chi connectivity index (χ4n) is 2.31. The van der Waals surface area contributed by atoms with Gasteiger partial charge in [0.1, 0.15) is 11.5 Å². The normalized spacial score (nSPS) is 11.9. The van der Waals surface area contributed by atoms with Gasteiger partial charge in [-0.1, -0.05) is 45.0 Å². The summed E-state index contributed by atoms with van der Waals surface area (Å²) in [6, 6.07) is 12.2. The summed E-state index contributed by atoms with van der Waals surface area (Å²) in [6.45, 7) is 7.03. The minimum Gasteiger partial charge on any atom is -0.480 e. The first-order valence-electron chi connectivity index (χ1n) is 7.35. The Bertz CT molecular complexity index is 635. The van der Waals surface area contributed by atoms with Crippen LogP contribution < -0.4 is 0 Å². The molecular weight excluding hydrogens is 278 g/mol. The van der Waals surface area contributed by atoms with Crippen LogP contribution in [0.2, 0.25) is 0 Å². The van der Waals surface area contributed by atoms with Gasteiger partial charge in [0, 0.05) is 5.56 Å². The van der Waals surface area contributed by atoms with E-state index in [4.69, 9.17) is 9.52 Å². The van der Waals surface area contributed by atoms with E-state index in [1.165, 1.54) is 5.56 Å². The lowest BCUT2D eigenvalue weighted by Crippen LogP contribution is -2.24. The van der Waals surface area contributed by atoms with E-state index in [1.54, 1.807) is 11.9 Å². The van der Waals surface area contributed by atoms with Crippen LogP contribution >= 0.6 is 0 Å². The molecule has 0 unspecified atom stereocenters. The van der Waals surface area contributed by atoms with Gasteiger partial charge in [0.25, 0.3) is 0 Å². The van der Waals surface area contributed by atoms with Gasteiger partial charge in [-0.2, -0.15) is 0 Å². The van der Waals surface area contributed by atoms with E-state index in [9.17, 15) is 4.79 Å². The summed E-state index contributed by atoms with van der Waals surface area (Å²) >= 11 is 0. The Labute approximate surface area is 131 Å². The average Bonchev–Trinajstić information content (AvgIpc) is 2.85. The zero-order valence-corrected chi connectivity index (χ0v) is 13.6. The van der Waals surface area contributed by atoms with Gasteiger partial charge in [-0.3, -0.25) is 9.69 Å². The predicted molar refractivity (Wildman–Crippen MR) is 86.8 cm³/mol. The highest BCUT2D eigenvalue weighted by Crippen LogP contribution is 2.27. The number of carboxylic acid groups (broad SMARTS) is 1. The Balaban J connectivity index is 2.09. The lowest BCUT2D eigenvalue weighted by Gasteiger charge is -2.18. The molecule has 0 saturated carbocycles. The SMILES string of the molecule is CN(CC(=O)O)Cc1ccc(-c2ccc(C(C)(C)C)cc2)o1. The molecule has 4 nitrogen and oxygen atoms in total. The molecule has 4 heteroatoms. The van der Waals surface area contributed by atoms with Crippen molar-refractivity contribution in [2.45, 2.75) is 32.7 Å². The summed E-state index contributed by atoms with van der Waals surface area (Å²) in [5.41, 5.74) is 2.44. The van der Waals surface area contributed by atoms with Gasteiger partial charge < -0.3 is 9.52 Å². The van der Waals surface area contributed by atoms with Crippen LogP contribution in [0.25, 0.3) is 11.3 Å². The highest BCUT2D eigenvalue weighted by molar-refractivity contribution is 5.69. The molecule has 0 aliphatic carbocycles. The van der Waals surface area contributed by atoms with E-state index in [0.717, 1.165) is 17.1 Å². The lowest BCUT2D eigenvalue weighted by atomic mass is 9.86. The van der Waals surface area contributed by atoms with E-state index < -0.39 is 5.97 Å². The van der Waals surface area contributed by atoms with Gasteiger partial charge in [0.15, 0.2) is 0 Å². The minimum atomic E-state index is -0.841. The summed E-state index contributed by atoms with van der Waals surface area (Å²) in [6.07, 6.45) is 0. The summed E-state index contributed by atoms with van der Waals surface area (Å²) in [4.78, 5) is 12.4. The van der Waals surface area contributed by atoms with Crippen molar-refractivity contribution < 1.29 is 14.3 Å². The molecule has 1 heterocycles. The maximum atomic E-state index is 10.7. The smallest absolute Gasteiger partial charge is 0.317 e. The fourth-order valence-corrected chi connectivity index (χ4v) is 2.31. The number of hydrogen-bond donors (Lipinski definition) is 1. The molecule has 0 fully saturated rings. The molecule has 0 atom stereocenters. The van der Waals surface area contributed by atoms with Crippen molar-refractivity contribution in [3.63, 3.8) is 0 Å². The minimum absolute atomic E-state index is 0.00366. The van der Waals surface area contributed by atoms with Crippen LogP contribution in [0.5, 0.6) is 0 Å². The molecule has 0 amide bonds. The van der Waals surface area contributed by atoms with Crippen LogP contribution in [-0.4, -0.2) is 29.6 Å². The first kappa shape index (κ1) is 16.3. The maximum Gasteiger partial charge on any atom is 0.317 e. The number of rotatable bonds is 5. The molecule has 22 heavy (non-hydrogen) atoms. The Morgan fingerprint density at radius 1 is 1.14 bits per heavy atom. The molecule has 0 radical (unpaired) electrons. The van der Waals surface area contributed by atoms with Crippen molar-refractivity contribution in [3.8, 4) is 11.3 Å². The summed E-state index contributed by atoms with van der Waals surface area (Å²) in [5.74, 6) is 0.727. The zero-order chi connectivity index (χ0) is 16.3. The Morgan fingerprint density at radius 3 is 2.32 bits per heavy atom. The van der Waals surface area contributed by atoms with Crippen LogP contribution in [0.15, 0.2) is 40.8 Å². The van der Waals surface area contributed by atoms with Crippen LogP contribution in [0, 0.1) is 0 Å². The number of benzene rings is 1. The summed E-state index contributed by atoms with van der Waals surface area (Å²) < 4.78 is 5.81. The van der Waals surface area contributed by atoms with E-state index in [0.29, 0.717) is 6.54 Å². The number of aliphatic carboxylic acids is 1. The van der Waals surface area contributed by atoms with Gasteiger partial charge in [0.2, 0.25) is 0 Å². The highest BCUT2D eigenvalue weighted by Gasteiger charge is 2.14. The van der Waals surface area contributed by atoms with Gasteiger partial charge in [-0.15, -0.1) is 0 Å². The van der Waals surface area contributed by atoms with Crippen molar-refractivity contribution in [1.29, 1.82) is 0 Å². The standard InChI is InChI=1S/C18H23NO3/c1-18(2,3)14-7-5-13(6-8-14)16-10-9-15(22-16)11-19(4)12-17(20)21/h5-10H,11-12H2,1-4H3,(H,20,21). The molecule has 0 spiro atoms. The van der Waals surface area contributed by atoms with Crippen molar-refractivity contribution in [3.05, 3.63) is 47.7 Å². The third-order valence-electron chi connectivity index (χ3n) is 3.53. The molecule has 1 N–H and O–H groups in total. The van der Waals surface area contributed by atoms with Crippen molar-refractivity contribution in [2.24, 2.45) is 0 Å². The third kappa shape index (κ3) is 4.21. The molecule has 0 aliphatic heterocycles. The topological polar surface area (TPSA) is 53.7 Å². The van der Waals surface area contributed by atoms with Gasteiger partial charge in [-0.05, 0) is 30.2 Å². The summed E-state index contributed by atoms with van der Waals surface area (Å²) in [5, 5.41) is 8.76. The molecule has 2 aromatic rings. The van der Waals surface area contributed by atoms with Crippen LogP contribution in [0.4, 0.5) is 0 Å². The number of hydrogen-bond acceptors (Lipinski definition) is 3. The van der Waals surface area contributed by atoms with Crippen molar-refractivity contribution in [1.82, 2.24) is 4.90 Å². The van der Waals surface area contributed by atoms with Crippen LogP contribution in [0.3, 0.4) is 0 Å². The monoisotopic (exact) mass is 301 g/mol. The number of furan rings is 1. The number of carbonyl (C=O) groups is 1. The Hall–Kier alpha value is -2.07. The highest BCUT2D eigenvalue weighted by atomic mass is 16.4. The number of likely N-dealkylation sites (N-methyl/N-ethyl adjacent to an activating group) is 1. The van der Waals surface area contributed by atoms with E-state index in [1.807, 2.05) is 12.1 Å². The number of carboxylic acids is 1. The first-order chi connectivity index (χ1) is 10.3. The first-order valence-corrected chi connectivity index (χ1v) is 7.35. The van der Waals surface area contributed by atoms with Crippen molar-refractivity contribution in [2.75, 3.05) is 13.6 Å². The van der Waals surface area contributed by atoms with E-state index in [2.05, 4.69) is 45.0 Å². The number of nitrogens with zero attached hydrogens (tertiary/aromatic N) is 1. The van der Waals surface area contributed by atoms with Gasteiger partial charge >= 0.3 is 5.97 Å². The predicted octanol–water partition coefficient (Wildman–Crippen LogP) is 3.76. The fraction of sp³-hybridized carbons (Fsp3) is 0.389. The van der Waals surface area contributed by atoms with Crippen LogP contribution in [0.1, 0.15) is 32.1 Å². The van der Waals surface area contributed by atoms with Gasteiger partial charge in [0.05, 0.1) is 13.1 Å².